The zero-order valence-corrected chi connectivity index (χ0v) is 6.21. The Morgan fingerprint density at radius 3 is 2.90 bits per heavy atom. The summed E-state index contributed by atoms with van der Waals surface area (Å²) in [7, 11) is 0. The summed E-state index contributed by atoms with van der Waals surface area (Å²) in [5.74, 6) is 0.150. The van der Waals surface area contributed by atoms with Gasteiger partial charge in [-0.2, -0.15) is 0 Å². The first-order chi connectivity index (χ1) is 4.74. The standard InChI is InChI=1S/C7H13NO2/c1-2-7(10)8-4-3-6(9)5-8/h6,9H,2-5H2,1H3/t6-/m1/s1. The second kappa shape index (κ2) is 3.01. The van der Waals surface area contributed by atoms with Crippen molar-refractivity contribution in [2.45, 2.75) is 25.9 Å². The molecular formula is C7H13NO2. The van der Waals surface area contributed by atoms with E-state index in [0.29, 0.717) is 13.0 Å². The van der Waals surface area contributed by atoms with Gasteiger partial charge in [-0.25, -0.2) is 0 Å². The molecule has 58 valence electrons. The van der Waals surface area contributed by atoms with Gasteiger partial charge in [-0.1, -0.05) is 6.92 Å². The molecule has 0 aromatic carbocycles. The number of hydrogen-bond donors (Lipinski definition) is 1. The van der Waals surface area contributed by atoms with Crippen LogP contribution in [0.3, 0.4) is 0 Å². The Hall–Kier alpha value is -0.570. The van der Waals surface area contributed by atoms with Crippen LogP contribution in [0.25, 0.3) is 0 Å². The molecule has 1 atom stereocenters. The van der Waals surface area contributed by atoms with Crippen LogP contribution in [0.5, 0.6) is 0 Å². The SMILES string of the molecule is CCC(=O)N1CC[C@@H](O)C1. The van der Waals surface area contributed by atoms with Gasteiger partial charge >= 0.3 is 0 Å². The summed E-state index contributed by atoms with van der Waals surface area (Å²) in [5, 5.41) is 9.05. The van der Waals surface area contributed by atoms with E-state index in [-0.39, 0.29) is 12.0 Å². The van der Waals surface area contributed by atoms with E-state index in [1.54, 1.807) is 4.90 Å². The van der Waals surface area contributed by atoms with Crippen LogP contribution in [0.4, 0.5) is 0 Å². The van der Waals surface area contributed by atoms with Crippen molar-refractivity contribution < 1.29 is 9.90 Å². The monoisotopic (exact) mass is 143 g/mol. The molecule has 0 unspecified atom stereocenters. The number of carbonyl (C=O) groups excluding carboxylic acids is 1. The molecule has 1 aliphatic heterocycles. The van der Waals surface area contributed by atoms with Crippen molar-refractivity contribution >= 4 is 5.91 Å². The van der Waals surface area contributed by atoms with Gasteiger partial charge in [-0.15, -0.1) is 0 Å². The third kappa shape index (κ3) is 1.48. The fourth-order valence-electron chi connectivity index (χ4n) is 1.19. The minimum Gasteiger partial charge on any atom is -0.391 e. The number of likely N-dealkylation sites (tertiary alicyclic amines) is 1. The Bertz CT molecular complexity index is 136. The van der Waals surface area contributed by atoms with Crippen molar-refractivity contribution in [3.8, 4) is 0 Å². The Morgan fingerprint density at radius 1 is 1.80 bits per heavy atom. The molecule has 3 nitrogen and oxygen atoms in total. The normalized spacial score (nSPS) is 25.4. The highest BCUT2D eigenvalue weighted by Crippen LogP contribution is 2.09. The Kier molecular flexibility index (Phi) is 2.27. The van der Waals surface area contributed by atoms with Crippen LogP contribution >= 0.6 is 0 Å². The van der Waals surface area contributed by atoms with Crippen LogP contribution in [0.15, 0.2) is 0 Å². The van der Waals surface area contributed by atoms with Gasteiger partial charge in [0, 0.05) is 19.5 Å². The lowest BCUT2D eigenvalue weighted by Gasteiger charge is -2.13. The summed E-state index contributed by atoms with van der Waals surface area (Å²) in [5.41, 5.74) is 0. The van der Waals surface area contributed by atoms with Crippen LogP contribution in [0, 0.1) is 0 Å². The van der Waals surface area contributed by atoms with Gasteiger partial charge in [-0.05, 0) is 6.42 Å². The topological polar surface area (TPSA) is 40.5 Å². The van der Waals surface area contributed by atoms with Crippen molar-refractivity contribution in [1.82, 2.24) is 4.90 Å². The maximum atomic E-state index is 11.0. The van der Waals surface area contributed by atoms with Gasteiger partial charge < -0.3 is 10.0 Å². The summed E-state index contributed by atoms with van der Waals surface area (Å²) in [6.45, 7) is 3.10. The third-order valence-electron chi connectivity index (χ3n) is 1.82. The molecule has 1 amide bonds. The molecule has 1 aliphatic rings. The fraction of sp³-hybridized carbons (Fsp3) is 0.857. The first-order valence-corrected chi connectivity index (χ1v) is 3.70. The van der Waals surface area contributed by atoms with Gasteiger partial charge in [0.1, 0.15) is 0 Å². The average Bonchev–Trinajstić information content (AvgIpc) is 2.34. The second-order valence-corrected chi connectivity index (χ2v) is 2.64. The molecule has 0 bridgehead atoms. The predicted molar refractivity (Wildman–Crippen MR) is 37.5 cm³/mol. The summed E-state index contributed by atoms with van der Waals surface area (Å²) in [6, 6.07) is 0. The van der Waals surface area contributed by atoms with Crippen LogP contribution < -0.4 is 0 Å². The lowest BCUT2D eigenvalue weighted by Crippen LogP contribution is -2.28. The van der Waals surface area contributed by atoms with Crippen molar-refractivity contribution in [1.29, 1.82) is 0 Å². The first kappa shape index (κ1) is 7.54. The number of hydrogen-bond acceptors (Lipinski definition) is 2. The van der Waals surface area contributed by atoms with E-state index in [1.165, 1.54) is 0 Å². The number of aliphatic hydroxyl groups is 1. The summed E-state index contributed by atoms with van der Waals surface area (Å²) in [4.78, 5) is 12.7. The van der Waals surface area contributed by atoms with Gasteiger partial charge in [0.15, 0.2) is 0 Å². The molecule has 1 heterocycles. The molecule has 1 N–H and O–H groups in total. The second-order valence-electron chi connectivity index (χ2n) is 2.64. The number of carbonyl (C=O) groups is 1. The zero-order chi connectivity index (χ0) is 7.56. The molecule has 3 heteroatoms. The first-order valence-electron chi connectivity index (χ1n) is 3.70. The molecular weight excluding hydrogens is 130 g/mol. The highest BCUT2D eigenvalue weighted by molar-refractivity contribution is 5.76. The molecule has 0 aromatic rings. The minimum atomic E-state index is -0.282. The quantitative estimate of drug-likeness (QED) is 0.561. The van der Waals surface area contributed by atoms with Gasteiger partial charge in [0.2, 0.25) is 5.91 Å². The third-order valence-corrected chi connectivity index (χ3v) is 1.82. The molecule has 0 aromatic heterocycles. The maximum absolute atomic E-state index is 11.0. The summed E-state index contributed by atoms with van der Waals surface area (Å²) < 4.78 is 0. The molecule has 1 saturated heterocycles. The van der Waals surface area contributed by atoms with E-state index in [0.717, 1.165) is 13.0 Å². The van der Waals surface area contributed by atoms with E-state index in [2.05, 4.69) is 0 Å². The number of aliphatic hydroxyl groups excluding tert-OH is 1. The molecule has 1 rings (SSSR count). The molecule has 0 aliphatic carbocycles. The fourth-order valence-corrected chi connectivity index (χ4v) is 1.19. The molecule has 1 fully saturated rings. The smallest absolute Gasteiger partial charge is 0.222 e. The largest absolute Gasteiger partial charge is 0.391 e. The minimum absolute atomic E-state index is 0.150. The van der Waals surface area contributed by atoms with Crippen LogP contribution in [-0.2, 0) is 4.79 Å². The lowest BCUT2D eigenvalue weighted by molar-refractivity contribution is -0.130. The van der Waals surface area contributed by atoms with Crippen LogP contribution in [0.2, 0.25) is 0 Å². The number of rotatable bonds is 1. The van der Waals surface area contributed by atoms with Gasteiger partial charge in [0.25, 0.3) is 0 Å². The van der Waals surface area contributed by atoms with E-state index in [4.69, 9.17) is 5.11 Å². The predicted octanol–water partition coefficient (Wildman–Crippen LogP) is -0.0104. The van der Waals surface area contributed by atoms with E-state index in [1.807, 2.05) is 6.92 Å². The Balaban J connectivity index is 2.37. The van der Waals surface area contributed by atoms with Gasteiger partial charge in [-0.3, -0.25) is 4.79 Å². The molecule has 10 heavy (non-hydrogen) atoms. The number of amides is 1. The Labute approximate surface area is 60.6 Å². The Morgan fingerprint density at radius 2 is 2.50 bits per heavy atom. The van der Waals surface area contributed by atoms with E-state index >= 15 is 0 Å². The van der Waals surface area contributed by atoms with Crippen LogP contribution in [-0.4, -0.2) is 35.1 Å². The molecule has 0 saturated carbocycles. The summed E-state index contributed by atoms with van der Waals surface area (Å²) in [6.07, 6.45) is 1.01. The molecule has 0 spiro atoms. The highest BCUT2D eigenvalue weighted by atomic mass is 16.3. The van der Waals surface area contributed by atoms with E-state index < -0.39 is 0 Å². The lowest BCUT2D eigenvalue weighted by atomic mass is 10.3. The number of nitrogens with zero attached hydrogens (tertiary/aromatic N) is 1. The van der Waals surface area contributed by atoms with Crippen molar-refractivity contribution in [3.63, 3.8) is 0 Å². The van der Waals surface area contributed by atoms with Crippen molar-refractivity contribution in [3.05, 3.63) is 0 Å². The molecule has 0 radical (unpaired) electrons. The van der Waals surface area contributed by atoms with Gasteiger partial charge in [0.05, 0.1) is 6.10 Å². The van der Waals surface area contributed by atoms with E-state index in [9.17, 15) is 4.79 Å². The average molecular weight is 143 g/mol. The van der Waals surface area contributed by atoms with Crippen molar-refractivity contribution in [2.24, 2.45) is 0 Å². The summed E-state index contributed by atoms with van der Waals surface area (Å²) >= 11 is 0. The van der Waals surface area contributed by atoms with Crippen LogP contribution in [0.1, 0.15) is 19.8 Å². The zero-order valence-electron chi connectivity index (χ0n) is 6.21. The highest BCUT2D eigenvalue weighted by Gasteiger charge is 2.22. The maximum Gasteiger partial charge on any atom is 0.222 e. The number of β-amino-alcohol motifs (C(OH)–C–C–N with tert-alkyl or cyclic N) is 1. The van der Waals surface area contributed by atoms with Crippen molar-refractivity contribution in [2.75, 3.05) is 13.1 Å².